The number of nitrogens with two attached hydrogens (primary N) is 1. The zero-order chi connectivity index (χ0) is 10.7. The third-order valence-electron chi connectivity index (χ3n) is 3.69. The molecule has 1 aliphatic carbocycles. The molecular formula is C11H21N3O. The second-order valence-electron chi connectivity index (χ2n) is 4.60. The zero-order valence-corrected chi connectivity index (χ0v) is 9.54. The molecule has 86 valence electrons. The van der Waals surface area contributed by atoms with Crippen LogP contribution in [0.15, 0.2) is 4.99 Å². The van der Waals surface area contributed by atoms with E-state index in [1.165, 1.54) is 32.1 Å². The van der Waals surface area contributed by atoms with Crippen LogP contribution in [-0.2, 0) is 4.74 Å². The molecule has 0 unspecified atom stereocenters. The van der Waals surface area contributed by atoms with Crippen molar-refractivity contribution in [2.45, 2.75) is 37.6 Å². The van der Waals surface area contributed by atoms with Crippen LogP contribution < -0.4 is 5.73 Å². The minimum Gasteiger partial charge on any atom is -0.383 e. The van der Waals surface area contributed by atoms with E-state index in [1.54, 1.807) is 7.11 Å². The molecule has 0 radical (unpaired) electrons. The highest BCUT2D eigenvalue weighted by Gasteiger charge is 2.42. The molecule has 0 bridgehead atoms. The van der Waals surface area contributed by atoms with Gasteiger partial charge >= 0.3 is 0 Å². The van der Waals surface area contributed by atoms with E-state index in [0.717, 1.165) is 19.7 Å². The van der Waals surface area contributed by atoms with E-state index in [9.17, 15) is 0 Å². The molecule has 2 rings (SSSR count). The largest absolute Gasteiger partial charge is 0.383 e. The molecule has 1 fully saturated rings. The molecule has 1 aliphatic heterocycles. The fourth-order valence-electron chi connectivity index (χ4n) is 2.81. The maximum atomic E-state index is 5.95. The molecule has 0 atom stereocenters. The SMILES string of the molecule is COCCN1C(N)=NCC12CCCCC2. The van der Waals surface area contributed by atoms with Crippen molar-refractivity contribution in [3.05, 3.63) is 0 Å². The summed E-state index contributed by atoms with van der Waals surface area (Å²) in [6, 6.07) is 0. The first-order chi connectivity index (χ1) is 7.28. The quantitative estimate of drug-likeness (QED) is 0.756. The van der Waals surface area contributed by atoms with Gasteiger partial charge in [-0.2, -0.15) is 0 Å². The normalized spacial score (nSPS) is 24.6. The molecule has 0 amide bonds. The fourth-order valence-corrected chi connectivity index (χ4v) is 2.81. The molecule has 2 aliphatic rings. The lowest BCUT2D eigenvalue weighted by molar-refractivity contribution is 0.102. The van der Waals surface area contributed by atoms with Crippen LogP contribution in [0.1, 0.15) is 32.1 Å². The molecule has 15 heavy (non-hydrogen) atoms. The molecular weight excluding hydrogens is 190 g/mol. The van der Waals surface area contributed by atoms with Crippen molar-refractivity contribution in [2.75, 3.05) is 26.8 Å². The lowest BCUT2D eigenvalue weighted by Crippen LogP contribution is -2.53. The van der Waals surface area contributed by atoms with Gasteiger partial charge in [0, 0.05) is 13.7 Å². The van der Waals surface area contributed by atoms with Crippen molar-refractivity contribution in [3.8, 4) is 0 Å². The van der Waals surface area contributed by atoms with Gasteiger partial charge in [0.05, 0.1) is 18.7 Å². The molecule has 2 N–H and O–H groups in total. The summed E-state index contributed by atoms with van der Waals surface area (Å²) in [5.41, 5.74) is 6.18. The van der Waals surface area contributed by atoms with E-state index >= 15 is 0 Å². The Bertz CT molecular complexity index is 246. The molecule has 4 heteroatoms. The van der Waals surface area contributed by atoms with Crippen molar-refractivity contribution in [1.82, 2.24) is 4.90 Å². The van der Waals surface area contributed by atoms with E-state index in [-0.39, 0.29) is 5.54 Å². The average Bonchev–Trinajstić information content (AvgIpc) is 2.55. The average molecular weight is 211 g/mol. The number of hydrogen-bond acceptors (Lipinski definition) is 4. The summed E-state index contributed by atoms with van der Waals surface area (Å²) in [7, 11) is 1.73. The van der Waals surface area contributed by atoms with Crippen LogP contribution >= 0.6 is 0 Å². The lowest BCUT2D eigenvalue weighted by atomic mass is 9.81. The summed E-state index contributed by atoms with van der Waals surface area (Å²) in [5, 5.41) is 0. The van der Waals surface area contributed by atoms with Gasteiger partial charge in [0.2, 0.25) is 0 Å². The Morgan fingerprint density at radius 2 is 2.13 bits per heavy atom. The first-order valence-corrected chi connectivity index (χ1v) is 5.85. The molecule has 1 heterocycles. The van der Waals surface area contributed by atoms with Gasteiger partial charge in [-0.15, -0.1) is 0 Å². The second-order valence-corrected chi connectivity index (χ2v) is 4.60. The highest BCUT2D eigenvalue weighted by Crippen LogP contribution is 2.36. The van der Waals surface area contributed by atoms with E-state index in [1.807, 2.05) is 0 Å². The molecule has 0 saturated heterocycles. The van der Waals surface area contributed by atoms with Crippen molar-refractivity contribution in [1.29, 1.82) is 0 Å². The number of rotatable bonds is 3. The maximum Gasteiger partial charge on any atom is 0.191 e. The van der Waals surface area contributed by atoms with Crippen molar-refractivity contribution in [3.63, 3.8) is 0 Å². The summed E-state index contributed by atoms with van der Waals surface area (Å²) in [6.45, 7) is 2.51. The number of nitrogens with zero attached hydrogens (tertiary/aromatic N) is 2. The third kappa shape index (κ3) is 1.95. The van der Waals surface area contributed by atoms with Crippen LogP contribution in [0.3, 0.4) is 0 Å². The van der Waals surface area contributed by atoms with Gasteiger partial charge in [-0.3, -0.25) is 4.99 Å². The number of guanidine groups is 1. The fraction of sp³-hybridized carbons (Fsp3) is 0.909. The van der Waals surface area contributed by atoms with Gasteiger partial charge in [-0.1, -0.05) is 19.3 Å². The zero-order valence-electron chi connectivity index (χ0n) is 9.54. The van der Waals surface area contributed by atoms with Crippen LogP contribution in [0, 0.1) is 0 Å². The maximum absolute atomic E-state index is 5.95. The Balaban J connectivity index is 2.04. The van der Waals surface area contributed by atoms with E-state index in [4.69, 9.17) is 10.5 Å². The second kappa shape index (κ2) is 4.39. The highest BCUT2D eigenvalue weighted by atomic mass is 16.5. The molecule has 1 saturated carbocycles. The first kappa shape index (κ1) is 10.7. The van der Waals surface area contributed by atoms with Crippen LogP contribution in [0.5, 0.6) is 0 Å². The molecule has 1 spiro atoms. The van der Waals surface area contributed by atoms with Crippen LogP contribution in [0.25, 0.3) is 0 Å². The predicted molar refractivity (Wildman–Crippen MR) is 60.9 cm³/mol. The van der Waals surface area contributed by atoms with Crippen molar-refractivity contribution in [2.24, 2.45) is 10.7 Å². The molecule has 4 nitrogen and oxygen atoms in total. The van der Waals surface area contributed by atoms with Gasteiger partial charge in [0.25, 0.3) is 0 Å². The minimum atomic E-state index is 0.237. The van der Waals surface area contributed by atoms with Gasteiger partial charge in [-0.05, 0) is 12.8 Å². The van der Waals surface area contributed by atoms with Crippen LogP contribution in [0.2, 0.25) is 0 Å². The van der Waals surface area contributed by atoms with Crippen molar-refractivity contribution < 1.29 is 4.74 Å². The Labute approximate surface area is 91.5 Å². The van der Waals surface area contributed by atoms with E-state index in [0.29, 0.717) is 5.96 Å². The number of methoxy groups -OCH3 is 1. The van der Waals surface area contributed by atoms with Gasteiger partial charge < -0.3 is 15.4 Å². The predicted octanol–water partition coefficient (Wildman–Crippen LogP) is 0.966. The standard InChI is InChI=1S/C11H21N3O/c1-15-8-7-14-10(12)13-9-11(14)5-3-2-4-6-11/h2-9H2,1H3,(H2,12,13). The van der Waals surface area contributed by atoms with Crippen LogP contribution in [-0.4, -0.2) is 43.2 Å². The summed E-state index contributed by atoms with van der Waals surface area (Å²) in [6.07, 6.45) is 6.46. The molecule has 0 aromatic heterocycles. The summed E-state index contributed by atoms with van der Waals surface area (Å²) < 4.78 is 5.13. The van der Waals surface area contributed by atoms with Gasteiger partial charge in [0.15, 0.2) is 5.96 Å². The Kier molecular flexibility index (Phi) is 3.14. The monoisotopic (exact) mass is 211 g/mol. The van der Waals surface area contributed by atoms with E-state index < -0.39 is 0 Å². The molecule has 0 aromatic carbocycles. The molecule has 0 aromatic rings. The topological polar surface area (TPSA) is 50.9 Å². The third-order valence-corrected chi connectivity index (χ3v) is 3.69. The Morgan fingerprint density at radius 1 is 1.40 bits per heavy atom. The van der Waals surface area contributed by atoms with Gasteiger partial charge in [-0.25, -0.2) is 0 Å². The van der Waals surface area contributed by atoms with Crippen molar-refractivity contribution >= 4 is 5.96 Å². The number of aliphatic imine (C=N–C) groups is 1. The summed E-state index contributed by atoms with van der Waals surface area (Å²) in [4.78, 5) is 6.69. The number of ether oxygens (including phenoxy) is 1. The smallest absolute Gasteiger partial charge is 0.191 e. The Morgan fingerprint density at radius 3 is 2.80 bits per heavy atom. The van der Waals surface area contributed by atoms with Gasteiger partial charge in [0.1, 0.15) is 0 Å². The lowest BCUT2D eigenvalue weighted by Gasteiger charge is -2.42. The Hall–Kier alpha value is -0.770. The van der Waals surface area contributed by atoms with E-state index in [2.05, 4.69) is 9.89 Å². The number of hydrogen-bond donors (Lipinski definition) is 1. The van der Waals surface area contributed by atoms with Crippen LogP contribution in [0.4, 0.5) is 0 Å². The highest BCUT2D eigenvalue weighted by molar-refractivity contribution is 5.81. The first-order valence-electron chi connectivity index (χ1n) is 5.85. The minimum absolute atomic E-state index is 0.237. The summed E-state index contributed by atoms with van der Waals surface area (Å²) >= 11 is 0. The summed E-state index contributed by atoms with van der Waals surface area (Å²) in [5.74, 6) is 0.717.